The van der Waals surface area contributed by atoms with E-state index in [0.717, 1.165) is 4.90 Å². The molecule has 0 N–H and O–H groups in total. The van der Waals surface area contributed by atoms with Crippen molar-refractivity contribution in [2.45, 2.75) is 11.8 Å². The van der Waals surface area contributed by atoms with Crippen molar-refractivity contribution >= 4 is 17.5 Å². The quantitative estimate of drug-likeness (QED) is 0.602. The number of ketones is 1. The van der Waals surface area contributed by atoms with Gasteiger partial charge in [0, 0.05) is 16.7 Å². The summed E-state index contributed by atoms with van der Waals surface area (Å²) < 4.78 is 18.3. The minimum atomic E-state index is -0.303. The lowest BCUT2D eigenvalue weighted by atomic mass is 10.2. The molecule has 0 fully saturated rings. The van der Waals surface area contributed by atoms with Crippen molar-refractivity contribution in [2.75, 3.05) is 12.4 Å². The molecule has 0 bridgehead atoms. The Bertz CT molecular complexity index is 604. The molecule has 2 aromatic rings. The Morgan fingerprint density at radius 2 is 2.20 bits per heavy atom. The average molecular weight is 291 g/mol. The molecule has 1 aromatic heterocycles. The predicted octanol–water partition coefficient (Wildman–Crippen LogP) is 3.59. The summed E-state index contributed by atoms with van der Waals surface area (Å²) in [5, 5.41) is 0. The summed E-state index contributed by atoms with van der Waals surface area (Å²) in [5.74, 6) is 0.450. The number of carbonyl (C=O) groups excluding carboxylic acids is 1. The topological polar surface area (TPSA) is 39.2 Å². The van der Waals surface area contributed by atoms with Gasteiger partial charge in [0.2, 0.25) is 0 Å². The molecule has 0 aliphatic carbocycles. The Morgan fingerprint density at radius 1 is 1.35 bits per heavy atom. The first kappa shape index (κ1) is 14.5. The maximum atomic E-state index is 13.0. The fraction of sp³-hybridized carbons (Fsp3) is 0.200. The average Bonchev–Trinajstić information content (AvgIpc) is 2.45. The standard InChI is InChI=1S/C15H14FNO2S/c1-2-19-13-6-11(8-17-9-13)15(18)10-20-14-5-3-4-12(16)7-14/h3-9H,2,10H2,1H3. The van der Waals surface area contributed by atoms with Crippen molar-refractivity contribution in [3.63, 3.8) is 0 Å². The van der Waals surface area contributed by atoms with Crippen LogP contribution in [0.2, 0.25) is 0 Å². The third-order valence-corrected chi connectivity index (χ3v) is 3.51. The Balaban J connectivity index is 1.99. The van der Waals surface area contributed by atoms with E-state index >= 15 is 0 Å². The molecule has 0 aliphatic rings. The van der Waals surface area contributed by atoms with E-state index in [1.165, 1.54) is 30.1 Å². The van der Waals surface area contributed by atoms with Crippen LogP contribution in [0, 0.1) is 5.82 Å². The highest BCUT2D eigenvalue weighted by molar-refractivity contribution is 8.00. The van der Waals surface area contributed by atoms with Gasteiger partial charge in [0.25, 0.3) is 0 Å². The van der Waals surface area contributed by atoms with Gasteiger partial charge in [0.1, 0.15) is 11.6 Å². The first-order chi connectivity index (χ1) is 9.69. The Labute approximate surface area is 121 Å². The summed E-state index contributed by atoms with van der Waals surface area (Å²) in [6, 6.07) is 7.86. The number of ether oxygens (including phenoxy) is 1. The number of thioether (sulfide) groups is 1. The van der Waals surface area contributed by atoms with E-state index < -0.39 is 0 Å². The van der Waals surface area contributed by atoms with E-state index in [2.05, 4.69) is 4.98 Å². The number of halogens is 1. The van der Waals surface area contributed by atoms with Gasteiger partial charge >= 0.3 is 0 Å². The van der Waals surface area contributed by atoms with Crippen LogP contribution in [-0.2, 0) is 0 Å². The lowest BCUT2D eigenvalue weighted by molar-refractivity contribution is 0.102. The number of rotatable bonds is 6. The summed E-state index contributed by atoms with van der Waals surface area (Å²) in [6.45, 7) is 2.39. The van der Waals surface area contributed by atoms with Crippen LogP contribution in [0.4, 0.5) is 4.39 Å². The van der Waals surface area contributed by atoms with Gasteiger partial charge in [-0.3, -0.25) is 9.78 Å². The third kappa shape index (κ3) is 4.06. The molecule has 104 valence electrons. The molecule has 0 unspecified atom stereocenters. The molecule has 2 rings (SSSR count). The fourth-order valence-electron chi connectivity index (χ4n) is 1.61. The lowest BCUT2D eigenvalue weighted by Crippen LogP contribution is -2.04. The van der Waals surface area contributed by atoms with Gasteiger partial charge in [-0.15, -0.1) is 11.8 Å². The summed E-state index contributed by atoms with van der Waals surface area (Å²) in [5.41, 5.74) is 0.500. The van der Waals surface area contributed by atoms with Crippen LogP contribution in [0.3, 0.4) is 0 Å². The largest absolute Gasteiger partial charge is 0.492 e. The van der Waals surface area contributed by atoms with Gasteiger partial charge < -0.3 is 4.74 Å². The van der Waals surface area contributed by atoms with Crippen LogP contribution >= 0.6 is 11.8 Å². The fourth-order valence-corrected chi connectivity index (χ4v) is 2.44. The first-order valence-corrected chi connectivity index (χ1v) is 7.17. The molecule has 1 aromatic carbocycles. The summed E-state index contributed by atoms with van der Waals surface area (Å²) in [7, 11) is 0. The van der Waals surface area contributed by atoms with Crippen LogP contribution in [0.15, 0.2) is 47.6 Å². The molecule has 0 spiro atoms. The molecule has 0 amide bonds. The van der Waals surface area contributed by atoms with E-state index in [-0.39, 0.29) is 17.4 Å². The van der Waals surface area contributed by atoms with Gasteiger partial charge in [-0.25, -0.2) is 4.39 Å². The Morgan fingerprint density at radius 3 is 2.95 bits per heavy atom. The normalized spacial score (nSPS) is 10.3. The van der Waals surface area contributed by atoms with Crippen molar-refractivity contribution < 1.29 is 13.9 Å². The van der Waals surface area contributed by atoms with Crippen molar-refractivity contribution in [1.82, 2.24) is 4.98 Å². The minimum Gasteiger partial charge on any atom is -0.492 e. The molecule has 0 saturated carbocycles. The van der Waals surface area contributed by atoms with E-state index in [1.807, 2.05) is 6.92 Å². The van der Waals surface area contributed by atoms with Crippen LogP contribution < -0.4 is 4.74 Å². The van der Waals surface area contributed by atoms with Gasteiger partial charge in [0.05, 0.1) is 18.6 Å². The zero-order chi connectivity index (χ0) is 14.4. The SMILES string of the molecule is CCOc1cncc(C(=O)CSc2cccc(F)c2)c1. The van der Waals surface area contributed by atoms with Gasteiger partial charge in [-0.1, -0.05) is 6.07 Å². The smallest absolute Gasteiger partial charge is 0.174 e. The van der Waals surface area contributed by atoms with Crippen molar-refractivity contribution in [2.24, 2.45) is 0 Å². The van der Waals surface area contributed by atoms with Gasteiger partial charge in [0.15, 0.2) is 5.78 Å². The second-order valence-corrected chi connectivity index (χ2v) is 5.06. The predicted molar refractivity (Wildman–Crippen MR) is 76.9 cm³/mol. The van der Waals surface area contributed by atoms with Crippen LogP contribution in [0.5, 0.6) is 5.75 Å². The van der Waals surface area contributed by atoms with Crippen molar-refractivity contribution in [1.29, 1.82) is 0 Å². The van der Waals surface area contributed by atoms with Gasteiger partial charge in [-0.05, 0) is 31.2 Å². The third-order valence-electron chi connectivity index (χ3n) is 2.51. The number of benzene rings is 1. The van der Waals surface area contributed by atoms with Crippen LogP contribution in [-0.4, -0.2) is 23.1 Å². The minimum absolute atomic E-state index is 0.0617. The van der Waals surface area contributed by atoms with E-state index in [4.69, 9.17) is 4.74 Å². The molecular formula is C15H14FNO2S. The number of aromatic nitrogens is 1. The van der Waals surface area contributed by atoms with Crippen molar-refractivity contribution in [3.05, 3.63) is 54.1 Å². The number of pyridine rings is 1. The molecule has 3 nitrogen and oxygen atoms in total. The lowest BCUT2D eigenvalue weighted by Gasteiger charge is -2.05. The number of Topliss-reactive ketones (excluding diaryl/α,β-unsaturated/α-hetero) is 1. The second kappa shape index (κ2) is 7.05. The molecule has 1 heterocycles. The molecule has 0 atom stereocenters. The zero-order valence-corrected chi connectivity index (χ0v) is 11.8. The monoisotopic (exact) mass is 291 g/mol. The number of carbonyl (C=O) groups is 1. The first-order valence-electron chi connectivity index (χ1n) is 6.18. The highest BCUT2D eigenvalue weighted by atomic mass is 32.2. The summed E-state index contributed by atoms with van der Waals surface area (Å²) in [6.07, 6.45) is 3.08. The van der Waals surface area contributed by atoms with Crippen molar-refractivity contribution in [3.8, 4) is 5.75 Å². The van der Waals surface area contributed by atoms with E-state index in [1.54, 1.807) is 24.4 Å². The summed E-state index contributed by atoms with van der Waals surface area (Å²) >= 11 is 1.30. The maximum absolute atomic E-state index is 13.0. The van der Waals surface area contributed by atoms with E-state index in [0.29, 0.717) is 17.9 Å². The summed E-state index contributed by atoms with van der Waals surface area (Å²) in [4.78, 5) is 16.8. The number of hydrogen-bond acceptors (Lipinski definition) is 4. The second-order valence-electron chi connectivity index (χ2n) is 4.01. The molecule has 20 heavy (non-hydrogen) atoms. The molecule has 0 radical (unpaired) electrons. The highest BCUT2D eigenvalue weighted by Crippen LogP contribution is 2.20. The molecular weight excluding hydrogens is 277 g/mol. The zero-order valence-electron chi connectivity index (χ0n) is 11.0. The van der Waals surface area contributed by atoms with Crippen LogP contribution in [0.1, 0.15) is 17.3 Å². The van der Waals surface area contributed by atoms with E-state index in [9.17, 15) is 9.18 Å². The Hall–Kier alpha value is -1.88. The number of nitrogens with zero attached hydrogens (tertiary/aromatic N) is 1. The highest BCUT2D eigenvalue weighted by Gasteiger charge is 2.09. The van der Waals surface area contributed by atoms with Crippen LogP contribution in [0.25, 0.3) is 0 Å². The maximum Gasteiger partial charge on any atom is 0.174 e. The molecule has 0 saturated heterocycles. The molecule has 5 heteroatoms. The number of hydrogen-bond donors (Lipinski definition) is 0. The van der Waals surface area contributed by atoms with Gasteiger partial charge in [-0.2, -0.15) is 0 Å². The Kier molecular flexibility index (Phi) is 5.12. The molecule has 0 aliphatic heterocycles.